The van der Waals surface area contributed by atoms with Gasteiger partial charge < -0.3 is 5.32 Å². The Balaban J connectivity index is 2.54. The van der Waals surface area contributed by atoms with E-state index in [0.717, 1.165) is 31.9 Å². The highest BCUT2D eigenvalue weighted by Crippen LogP contribution is 2.06. The van der Waals surface area contributed by atoms with E-state index in [-0.39, 0.29) is 0 Å². The molecular weight excluding hydrogens is 210 g/mol. The third-order valence-corrected chi connectivity index (χ3v) is 2.72. The fourth-order valence-corrected chi connectivity index (χ4v) is 1.91. The molecule has 0 aliphatic carbocycles. The quantitative estimate of drug-likeness (QED) is 0.786. The lowest BCUT2D eigenvalue weighted by molar-refractivity contribution is 0.245. The summed E-state index contributed by atoms with van der Waals surface area (Å²) in [7, 11) is 1.95. The van der Waals surface area contributed by atoms with E-state index >= 15 is 0 Å². The molecule has 0 aromatic carbocycles. The zero-order valence-electron chi connectivity index (χ0n) is 11.5. The molecule has 0 aliphatic rings. The van der Waals surface area contributed by atoms with Crippen LogP contribution in [-0.4, -0.2) is 30.0 Å². The lowest BCUT2D eigenvalue weighted by Gasteiger charge is -2.22. The zero-order valence-corrected chi connectivity index (χ0v) is 11.5. The van der Waals surface area contributed by atoms with Crippen molar-refractivity contribution in [1.82, 2.24) is 15.2 Å². The summed E-state index contributed by atoms with van der Waals surface area (Å²) in [6.07, 6.45) is 1.97. The van der Waals surface area contributed by atoms with Gasteiger partial charge in [-0.2, -0.15) is 0 Å². The second kappa shape index (κ2) is 7.41. The zero-order chi connectivity index (χ0) is 12.7. The average Bonchev–Trinajstić information content (AvgIpc) is 2.30. The number of nitrogens with one attached hydrogen (secondary N) is 1. The van der Waals surface area contributed by atoms with Crippen molar-refractivity contribution in [3.63, 3.8) is 0 Å². The van der Waals surface area contributed by atoms with Crippen LogP contribution in [0.4, 0.5) is 0 Å². The summed E-state index contributed by atoms with van der Waals surface area (Å²) in [6, 6.07) is 4.29. The number of aromatic nitrogens is 1. The monoisotopic (exact) mass is 235 g/mol. The number of rotatable bonds is 7. The fraction of sp³-hybridized carbons (Fsp3) is 0.643. The molecule has 0 atom stereocenters. The van der Waals surface area contributed by atoms with Crippen molar-refractivity contribution in [3.8, 4) is 0 Å². The maximum Gasteiger partial charge on any atom is 0.0544 e. The van der Waals surface area contributed by atoms with E-state index < -0.39 is 0 Å². The van der Waals surface area contributed by atoms with Gasteiger partial charge in [-0.1, -0.05) is 26.8 Å². The molecule has 3 heteroatoms. The van der Waals surface area contributed by atoms with Crippen LogP contribution in [0.5, 0.6) is 0 Å². The highest BCUT2D eigenvalue weighted by atomic mass is 15.1. The number of nitrogens with zero attached hydrogens (tertiary/aromatic N) is 2. The van der Waals surface area contributed by atoms with E-state index in [9.17, 15) is 0 Å². The van der Waals surface area contributed by atoms with Crippen LogP contribution < -0.4 is 5.32 Å². The molecule has 96 valence electrons. The predicted octanol–water partition coefficient (Wildman–Crippen LogP) is 2.28. The molecule has 1 N–H and O–H groups in total. The Bertz CT molecular complexity index is 306. The summed E-state index contributed by atoms with van der Waals surface area (Å²) in [6.45, 7) is 10.8. The van der Waals surface area contributed by atoms with Crippen LogP contribution in [0.1, 0.15) is 32.0 Å². The first-order valence-corrected chi connectivity index (χ1v) is 6.46. The van der Waals surface area contributed by atoms with Crippen LogP contribution in [0.15, 0.2) is 18.3 Å². The number of pyridine rings is 1. The third kappa shape index (κ3) is 5.29. The molecule has 0 amide bonds. The van der Waals surface area contributed by atoms with Gasteiger partial charge in [-0.05, 0) is 31.1 Å². The van der Waals surface area contributed by atoms with E-state index in [2.05, 4.69) is 48.1 Å². The van der Waals surface area contributed by atoms with E-state index in [0.29, 0.717) is 5.92 Å². The summed E-state index contributed by atoms with van der Waals surface area (Å²) in [5, 5.41) is 3.13. The van der Waals surface area contributed by atoms with Crippen molar-refractivity contribution >= 4 is 0 Å². The first-order chi connectivity index (χ1) is 8.15. The first-order valence-electron chi connectivity index (χ1n) is 6.46. The molecule has 0 saturated heterocycles. The molecule has 0 unspecified atom stereocenters. The number of hydrogen-bond acceptors (Lipinski definition) is 3. The van der Waals surface area contributed by atoms with Crippen molar-refractivity contribution in [2.45, 2.75) is 33.9 Å². The van der Waals surface area contributed by atoms with Crippen molar-refractivity contribution < 1.29 is 0 Å². The molecule has 0 saturated carbocycles. The minimum atomic E-state index is 0.707. The van der Waals surface area contributed by atoms with Gasteiger partial charge in [0.1, 0.15) is 0 Å². The molecule has 1 heterocycles. The molecule has 0 fully saturated rings. The van der Waals surface area contributed by atoms with Crippen LogP contribution in [0.25, 0.3) is 0 Å². The smallest absolute Gasteiger partial charge is 0.0544 e. The molecule has 0 aliphatic heterocycles. The Hall–Kier alpha value is -0.930. The molecule has 0 bridgehead atoms. The highest BCUT2D eigenvalue weighted by molar-refractivity contribution is 5.13. The van der Waals surface area contributed by atoms with Crippen LogP contribution in [0.3, 0.4) is 0 Å². The topological polar surface area (TPSA) is 28.2 Å². The van der Waals surface area contributed by atoms with E-state index in [4.69, 9.17) is 0 Å². The SMILES string of the molecule is CCN(Cc1ccc(CNC)cn1)CC(C)C. The van der Waals surface area contributed by atoms with Gasteiger partial charge in [-0.15, -0.1) is 0 Å². The van der Waals surface area contributed by atoms with Crippen molar-refractivity contribution in [3.05, 3.63) is 29.6 Å². The van der Waals surface area contributed by atoms with Gasteiger partial charge in [0, 0.05) is 25.8 Å². The van der Waals surface area contributed by atoms with E-state index in [1.165, 1.54) is 5.56 Å². The second-order valence-electron chi connectivity index (χ2n) is 4.91. The van der Waals surface area contributed by atoms with Crippen molar-refractivity contribution in [2.24, 2.45) is 5.92 Å². The molecule has 1 aromatic rings. The van der Waals surface area contributed by atoms with Gasteiger partial charge in [0.05, 0.1) is 5.69 Å². The molecule has 1 rings (SSSR count). The third-order valence-electron chi connectivity index (χ3n) is 2.72. The summed E-state index contributed by atoms with van der Waals surface area (Å²) in [4.78, 5) is 6.95. The largest absolute Gasteiger partial charge is 0.316 e. The van der Waals surface area contributed by atoms with Crippen molar-refractivity contribution in [1.29, 1.82) is 0 Å². The summed E-state index contributed by atoms with van der Waals surface area (Å²) in [5.74, 6) is 0.707. The van der Waals surface area contributed by atoms with E-state index in [1.54, 1.807) is 0 Å². The minimum Gasteiger partial charge on any atom is -0.316 e. The molecule has 0 spiro atoms. The van der Waals surface area contributed by atoms with E-state index in [1.807, 2.05) is 13.2 Å². The lowest BCUT2D eigenvalue weighted by Crippen LogP contribution is -2.27. The predicted molar refractivity (Wildman–Crippen MR) is 72.8 cm³/mol. The maximum absolute atomic E-state index is 4.51. The van der Waals surface area contributed by atoms with Gasteiger partial charge in [0.25, 0.3) is 0 Å². The second-order valence-corrected chi connectivity index (χ2v) is 4.91. The normalized spacial score (nSPS) is 11.4. The molecule has 3 nitrogen and oxygen atoms in total. The fourth-order valence-electron chi connectivity index (χ4n) is 1.91. The summed E-state index contributed by atoms with van der Waals surface area (Å²) in [5.41, 5.74) is 2.40. The highest BCUT2D eigenvalue weighted by Gasteiger charge is 2.06. The Morgan fingerprint density at radius 1 is 1.35 bits per heavy atom. The Morgan fingerprint density at radius 3 is 2.59 bits per heavy atom. The van der Waals surface area contributed by atoms with Crippen LogP contribution in [0.2, 0.25) is 0 Å². The first kappa shape index (κ1) is 14.1. The number of hydrogen-bond donors (Lipinski definition) is 1. The van der Waals surface area contributed by atoms with Gasteiger partial charge in [-0.3, -0.25) is 9.88 Å². The molecule has 17 heavy (non-hydrogen) atoms. The molecule has 1 aromatic heterocycles. The van der Waals surface area contributed by atoms with Gasteiger partial charge >= 0.3 is 0 Å². The lowest BCUT2D eigenvalue weighted by atomic mass is 10.2. The van der Waals surface area contributed by atoms with Crippen LogP contribution in [-0.2, 0) is 13.1 Å². The standard InChI is InChI=1S/C14H25N3/c1-5-17(10-12(2)3)11-14-7-6-13(8-15-4)9-16-14/h6-7,9,12,15H,5,8,10-11H2,1-4H3. The minimum absolute atomic E-state index is 0.707. The average molecular weight is 235 g/mol. The summed E-state index contributed by atoms with van der Waals surface area (Å²) >= 11 is 0. The van der Waals surface area contributed by atoms with Crippen LogP contribution >= 0.6 is 0 Å². The van der Waals surface area contributed by atoms with Gasteiger partial charge in [-0.25, -0.2) is 0 Å². The van der Waals surface area contributed by atoms with Crippen molar-refractivity contribution in [2.75, 3.05) is 20.1 Å². The Labute approximate surface area is 105 Å². The Kier molecular flexibility index (Phi) is 6.16. The molecule has 0 radical (unpaired) electrons. The maximum atomic E-state index is 4.51. The molecular formula is C14H25N3. The Morgan fingerprint density at radius 2 is 2.12 bits per heavy atom. The van der Waals surface area contributed by atoms with Gasteiger partial charge in [0.2, 0.25) is 0 Å². The van der Waals surface area contributed by atoms with Crippen LogP contribution in [0, 0.1) is 5.92 Å². The van der Waals surface area contributed by atoms with Gasteiger partial charge in [0.15, 0.2) is 0 Å². The summed E-state index contributed by atoms with van der Waals surface area (Å²) < 4.78 is 0.